The van der Waals surface area contributed by atoms with E-state index in [-0.39, 0.29) is 30.3 Å². The molecule has 1 fully saturated rings. The molecular formula is C24H27N3O3. The molecule has 2 aromatic rings. The van der Waals surface area contributed by atoms with Crippen LogP contribution in [-0.4, -0.2) is 41.8 Å². The van der Waals surface area contributed by atoms with Gasteiger partial charge in [0.05, 0.1) is 0 Å². The number of likely N-dealkylation sites (tertiary alicyclic amines) is 1. The van der Waals surface area contributed by atoms with Crippen LogP contribution < -0.4 is 10.2 Å². The number of hydrogen-bond acceptors (Lipinski definition) is 3. The Morgan fingerprint density at radius 3 is 2.57 bits per heavy atom. The average Bonchev–Trinajstić information content (AvgIpc) is 2.76. The lowest BCUT2D eigenvalue weighted by Crippen LogP contribution is -2.42. The SMILES string of the molecule is CC1CCCCN1C(=O)c1ccc(NC(=O)CN2C(=O)CCc3ccccc32)cc1. The van der Waals surface area contributed by atoms with Gasteiger partial charge in [0.25, 0.3) is 5.91 Å². The van der Waals surface area contributed by atoms with Gasteiger partial charge in [-0.05, 0) is 68.5 Å². The minimum Gasteiger partial charge on any atom is -0.336 e. The standard InChI is InChI=1S/C24H27N3O3/c1-17-6-4-5-15-26(17)24(30)19-9-12-20(13-10-19)25-22(28)16-27-21-8-3-2-7-18(21)11-14-23(27)29/h2-3,7-10,12-13,17H,4-6,11,14-16H2,1H3,(H,25,28). The Labute approximate surface area is 176 Å². The minimum absolute atomic E-state index is 0.0260. The van der Waals surface area contributed by atoms with Crippen LogP contribution in [0, 0.1) is 0 Å². The van der Waals surface area contributed by atoms with E-state index >= 15 is 0 Å². The quantitative estimate of drug-likeness (QED) is 0.845. The predicted octanol–water partition coefficient (Wildman–Crippen LogP) is 3.62. The largest absolute Gasteiger partial charge is 0.336 e. The van der Waals surface area contributed by atoms with Crippen molar-refractivity contribution in [3.05, 3.63) is 59.7 Å². The summed E-state index contributed by atoms with van der Waals surface area (Å²) in [7, 11) is 0. The summed E-state index contributed by atoms with van der Waals surface area (Å²) < 4.78 is 0. The molecule has 2 aromatic carbocycles. The number of para-hydroxylation sites is 1. The smallest absolute Gasteiger partial charge is 0.254 e. The van der Waals surface area contributed by atoms with E-state index in [4.69, 9.17) is 0 Å². The summed E-state index contributed by atoms with van der Waals surface area (Å²) in [5, 5.41) is 2.84. The van der Waals surface area contributed by atoms with Crippen LogP contribution in [0.4, 0.5) is 11.4 Å². The predicted molar refractivity (Wildman–Crippen MR) is 117 cm³/mol. The van der Waals surface area contributed by atoms with Crippen molar-refractivity contribution in [3.63, 3.8) is 0 Å². The highest BCUT2D eigenvalue weighted by Crippen LogP contribution is 2.27. The van der Waals surface area contributed by atoms with Gasteiger partial charge in [-0.1, -0.05) is 18.2 Å². The second-order valence-electron chi connectivity index (χ2n) is 8.08. The van der Waals surface area contributed by atoms with Gasteiger partial charge in [-0.25, -0.2) is 0 Å². The van der Waals surface area contributed by atoms with E-state index in [1.165, 1.54) is 6.42 Å². The molecule has 156 valence electrons. The first-order chi connectivity index (χ1) is 14.5. The molecule has 2 aliphatic rings. The average molecular weight is 405 g/mol. The maximum absolute atomic E-state index is 12.8. The molecule has 6 nitrogen and oxygen atoms in total. The molecule has 2 aliphatic heterocycles. The van der Waals surface area contributed by atoms with Crippen LogP contribution in [0.2, 0.25) is 0 Å². The van der Waals surface area contributed by atoms with Crippen LogP contribution in [0.15, 0.2) is 48.5 Å². The molecule has 1 atom stereocenters. The fourth-order valence-electron chi connectivity index (χ4n) is 4.28. The van der Waals surface area contributed by atoms with Gasteiger partial charge in [0, 0.05) is 35.9 Å². The number of rotatable bonds is 4. The normalized spacial score (nSPS) is 18.7. The first kappa shape index (κ1) is 20.1. The molecule has 0 radical (unpaired) electrons. The van der Waals surface area contributed by atoms with Crippen molar-refractivity contribution in [2.75, 3.05) is 23.3 Å². The monoisotopic (exact) mass is 405 g/mol. The highest BCUT2D eigenvalue weighted by Gasteiger charge is 2.26. The molecule has 30 heavy (non-hydrogen) atoms. The number of amides is 3. The van der Waals surface area contributed by atoms with Crippen LogP contribution in [0.25, 0.3) is 0 Å². The number of aryl methyl sites for hydroxylation is 1. The zero-order valence-electron chi connectivity index (χ0n) is 17.3. The van der Waals surface area contributed by atoms with Crippen molar-refractivity contribution >= 4 is 29.1 Å². The van der Waals surface area contributed by atoms with E-state index in [1.807, 2.05) is 29.2 Å². The topological polar surface area (TPSA) is 69.7 Å². The van der Waals surface area contributed by atoms with Crippen LogP contribution in [0.5, 0.6) is 0 Å². The molecule has 6 heteroatoms. The van der Waals surface area contributed by atoms with Gasteiger partial charge in [-0.15, -0.1) is 0 Å². The van der Waals surface area contributed by atoms with E-state index in [1.54, 1.807) is 29.2 Å². The molecule has 3 amide bonds. The number of hydrogen-bond donors (Lipinski definition) is 1. The molecule has 0 aliphatic carbocycles. The van der Waals surface area contributed by atoms with Crippen molar-refractivity contribution in [2.24, 2.45) is 0 Å². The number of benzene rings is 2. The number of nitrogens with zero attached hydrogens (tertiary/aromatic N) is 2. The maximum atomic E-state index is 12.8. The Hall–Kier alpha value is -3.15. The molecule has 1 N–H and O–H groups in total. The van der Waals surface area contributed by atoms with E-state index in [0.29, 0.717) is 24.1 Å². The molecule has 0 spiro atoms. The summed E-state index contributed by atoms with van der Waals surface area (Å²) in [5.74, 6) is -0.264. The van der Waals surface area contributed by atoms with E-state index < -0.39 is 0 Å². The third-order valence-electron chi connectivity index (χ3n) is 5.97. The number of nitrogens with one attached hydrogen (secondary N) is 1. The van der Waals surface area contributed by atoms with Crippen LogP contribution in [-0.2, 0) is 16.0 Å². The number of carbonyl (C=O) groups excluding carboxylic acids is 3. The van der Waals surface area contributed by atoms with E-state index in [0.717, 1.165) is 30.6 Å². The molecular weight excluding hydrogens is 378 g/mol. The Balaban J connectivity index is 1.39. The van der Waals surface area contributed by atoms with Gasteiger partial charge in [-0.3, -0.25) is 14.4 Å². The Morgan fingerprint density at radius 1 is 1.03 bits per heavy atom. The highest BCUT2D eigenvalue weighted by molar-refractivity contribution is 6.04. The molecule has 0 bridgehead atoms. The molecule has 1 unspecified atom stereocenters. The van der Waals surface area contributed by atoms with Crippen LogP contribution >= 0.6 is 0 Å². The fourth-order valence-corrected chi connectivity index (χ4v) is 4.28. The lowest BCUT2D eigenvalue weighted by atomic mass is 10.0. The van der Waals surface area contributed by atoms with E-state index in [2.05, 4.69) is 12.2 Å². The second-order valence-corrected chi connectivity index (χ2v) is 8.08. The number of piperidine rings is 1. The molecule has 0 saturated carbocycles. The summed E-state index contributed by atoms with van der Waals surface area (Å²) in [6.45, 7) is 2.86. The molecule has 2 heterocycles. The molecule has 0 aromatic heterocycles. The van der Waals surface area contributed by atoms with Crippen LogP contribution in [0.1, 0.15) is 48.5 Å². The summed E-state index contributed by atoms with van der Waals surface area (Å²) >= 11 is 0. The summed E-state index contributed by atoms with van der Waals surface area (Å²) in [6.07, 6.45) is 4.37. The molecule has 1 saturated heterocycles. The zero-order valence-corrected chi connectivity index (χ0v) is 17.3. The van der Waals surface area contributed by atoms with Gasteiger partial charge < -0.3 is 15.1 Å². The van der Waals surface area contributed by atoms with Gasteiger partial charge >= 0.3 is 0 Å². The Morgan fingerprint density at radius 2 is 1.80 bits per heavy atom. The third kappa shape index (κ3) is 4.22. The number of anilines is 2. The van der Waals surface area contributed by atoms with Gasteiger partial charge in [0.2, 0.25) is 11.8 Å². The number of carbonyl (C=O) groups is 3. The second kappa shape index (κ2) is 8.69. The first-order valence-electron chi connectivity index (χ1n) is 10.6. The number of fused-ring (bicyclic) bond motifs is 1. The van der Waals surface area contributed by atoms with Gasteiger partial charge in [0.15, 0.2) is 0 Å². The molecule has 4 rings (SSSR count). The fraction of sp³-hybridized carbons (Fsp3) is 0.375. The summed E-state index contributed by atoms with van der Waals surface area (Å²) in [4.78, 5) is 41.1. The summed E-state index contributed by atoms with van der Waals surface area (Å²) in [5.41, 5.74) is 3.13. The Bertz CT molecular complexity index is 954. The zero-order chi connectivity index (χ0) is 21.1. The van der Waals surface area contributed by atoms with Crippen molar-refractivity contribution < 1.29 is 14.4 Å². The lowest BCUT2D eigenvalue weighted by Gasteiger charge is -2.33. The highest BCUT2D eigenvalue weighted by atomic mass is 16.2. The maximum Gasteiger partial charge on any atom is 0.254 e. The van der Waals surface area contributed by atoms with Crippen molar-refractivity contribution in [2.45, 2.75) is 45.1 Å². The summed E-state index contributed by atoms with van der Waals surface area (Å²) in [6, 6.07) is 14.9. The lowest BCUT2D eigenvalue weighted by molar-refractivity contribution is -0.121. The minimum atomic E-state index is -0.260. The van der Waals surface area contributed by atoms with Crippen molar-refractivity contribution in [1.29, 1.82) is 0 Å². The van der Waals surface area contributed by atoms with Crippen LogP contribution in [0.3, 0.4) is 0 Å². The Kier molecular flexibility index (Phi) is 5.84. The van der Waals surface area contributed by atoms with Gasteiger partial charge in [-0.2, -0.15) is 0 Å². The van der Waals surface area contributed by atoms with Gasteiger partial charge in [0.1, 0.15) is 6.54 Å². The van der Waals surface area contributed by atoms with Crippen molar-refractivity contribution in [1.82, 2.24) is 4.90 Å². The van der Waals surface area contributed by atoms with Crippen molar-refractivity contribution in [3.8, 4) is 0 Å². The third-order valence-corrected chi connectivity index (χ3v) is 5.97. The van der Waals surface area contributed by atoms with E-state index in [9.17, 15) is 14.4 Å². The first-order valence-corrected chi connectivity index (χ1v) is 10.6.